The van der Waals surface area contributed by atoms with E-state index in [4.69, 9.17) is 19.2 Å². The molecular formula is C34H29N5O8S. The van der Waals surface area contributed by atoms with Crippen molar-refractivity contribution in [2.45, 2.75) is 26.4 Å². The lowest BCUT2D eigenvalue weighted by atomic mass is 9.98. The minimum Gasteiger partial charge on any atom is -0.497 e. The second-order valence-corrected chi connectivity index (χ2v) is 11.8. The third-order valence-corrected chi connectivity index (χ3v) is 8.92. The highest BCUT2D eigenvalue weighted by Gasteiger charge is 2.19. The number of carboxylic acids is 1. The van der Waals surface area contributed by atoms with Crippen molar-refractivity contribution in [3.05, 3.63) is 126 Å². The molecule has 0 aliphatic carbocycles. The van der Waals surface area contributed by atoms with Crippen molar-refractivity contribution in [1.29, 1.82) is 0 Å². The molecule has 244 valence electrons. The number of nitrogens with one attached hydrogen (secondary N) is 1. The molecule has 0 radical (unpaired) electrons. The van der Waals surface area contributed by atoms with Crippen molar-refractivity contribution < 1.29 is 24.0 Å². The Morgan fingerprint density at radius 3 is 2.38 bits per heavy atom. The van der Waals surface area contributed by atoms with E-state index >= 15 is 0 Å². The summed E-state index contributed by atoms with van der Waals surface area (Å²) in [6, 6.07) is 23.6. The number of aromatic amines is 1. The zero-order valence-electron chi connectivity index (χ0n) is 25.8. The van der Waals surface area contributed by atoms with Gasteiger partial charge in [0.2, 0.25) is 6.61 Å². The normalized spacial score (nSPS) is 11.6. The lowest BCUT2D eigenvalue weighted by molar-refractivity contribution is -0.142. The highest BCUT2D eigenvalue weighted by atomic mass is 32.1. The Balaban J connectivity index is 1.39. The van der Waals surface area contributed by atoms with Gasteiger partial charge in [-0.1, -0.05) is 65.8 Å². The molecule has 0 bridgehead atoms. The molecule has 0 amide bonds. The molecule has 3 aromatic carbocycles. The summed E-state index contributed by atoms with van der Waals surface area (Å²) in [7, 11) is 1.52. The number of aliphatic carboxylic acids is 1. The monoisotopic (exact) mass is 667 g/mol. The van der Waals surface area contributed by atoms with Crippen LogP contribution in [0.3, 0.4) is 0 Å². The molecule has 48 heavy (non-hydrogen) atoms. The van der Waals surface area contributed by atoms with Gasteiger partial charge in [0, 0.05) is 16.0 Å². The van der Waals surface area contributed by atoms with E-state index in [9.17, 15) is 19.2 Å². The number of H-pyrrole nitrogens is 1. The number of benzene rings is 3. The number of ether oxygens (including phenoxy) is 1. The minimum absolute atomic E-state index is 0.169. The first-order chi connectivity index (χ1) is 23.2. The van der Waals surface area contributed by atoms with Crippen LogP contribution in [0.1, 0.15) is 22.9 Å². The van der Waals surface area contributed by atoms with Gasteiger partial charge in [0.15, 0.2) is 5.82 Å². The maximum atomic E-state index is 14.1. The predicted octanol–water partition coefficient (Wildman–Crippen LogP) is 4.36. The van der Waals surface area contributed by atoms with E-state index in [-0.39, 0.29) is 18.8 Å². The summed E-state index contributed by atoms with van der Waals surface area (Å²) in [5, 5.41) is 17.3. The molecule has 0 aliphatic rings. The minimum atomic E-state index is -1.22. The SMILES string of the molecule is CCc1cc2c(=O)n(CC(=NOCC(=O)O)c3ccc(OC)cc3)c(=O)n(Cc3ccc(-c4ccccc4-c4noc(=O)[nH]4)cc3)c2s1. The Morgan fingerprint density at radius 2 is 1.73 bits per heavy atom. The van der Waals surface area contributed by atoms with Gasteiger partial charge >= 0.3 is 17.4 Å². The molecule has 0 unspecified atom stereocenters. The number of rotatable bonds is 12. The highest BCUT2D eigenvalue weighted by Crippen LogP contribution is 2.30. The standard InChI is InChI=1S/C34H29N5O8S/c1-3-24-16-27-31(42)38(18-28(36-46-19-29(40)41)22-12-14-23(45-2)15-13-22)34(44)39(32(27)48-24)17-20-8-10-21(11-9-20)25-6-4-5-7-26(25)30-35-33(43)47-37-30/h4-16H,3,17-19H2,1-2H3,(H,40,41)(H,35,37,43). The fraction of sp³-hybridized carbons (Fsp3) is 0.176. The van der Waals surface area contributed by atoms with Crippen LogP contribution in [-0.4, -0.2) is 49.8 Å². The number of nitrogens with zero attached hydrogens (tertiary/aromatic N) is 4. The molecule has 0 fully saturated rings. The molecule has 0 saturated carbocycles. The van der Waals surface area contributed by atoms with Crippen molar-refractivity contribution in [1.82, 2.24) is 19.3 Å². The number of carboxylic acid groups (broad SMARTS) is 1. The van der Waals surface area contributed by atoms with E-state index in [1.165, 1.54) is 18.4 Å². The molecule has 0 atom stereocenters. The fourth-order valence-corrected chi connectivity index (χ4v) is 6.31. The summed E-state index contributed by atoms with van der Waals surface area (Å²) in [5.74, 6) is -0.977. The van der Waals surface area contributed by atoms with E-state index in [0.717, 1.165) is 26.1 Å². The highest BCUT2D eigenvalue weighted by molar-refractivity contribution is 7.18. The number of hydrogen-bond acceptors (Lipinski definition) is 10. The number of methoxy groups -OCH3 is 1. The van der Waals surface area contributed by atoms with Crippen molar-refractivity contribution in [2.24, 2.45) is 5.16 Å². The number of fused-ring (bicyclic) bond motifs is 1. The first-order valence-electron chi connectivity index (χ1n) is 14.8. The smallest absolute Gasteiger partial charge is 0.439 e. The van der Waals surface area contributed by atoms with Gasteiger partial charge in [-0.05, 0) is 53.4 Å². The van der Waals surface area contributed by atoms with Crippen LogP contribution in [0.25, 0.3) is 32.7 Å². The summed E-state index contributed by atoms with van der Waals surface area (Å²) >= 11 is 1.39. The van der Waals surface area contributed by atoms with Gasteiger partial charge in [0.1, 0.15) is 16.3 Å². The molecular weight excluding hydrogens is 638 g/mol. The van der Waals surface area contributed by atoms with Crippen LogP contribution in [0, 0.1) is 0 Å². The molecule has 14 heteroatoms. The summed E-state index contributed by atoms with van der Waals surface area (Å²) in [6.07, 6.45) is 0.680. The lowest BCUT2D eigenvalue weighted by Crippen LogP contribution is -2.41. The molecule has 0 spiro atoms. The van der Waals surface area contributed by atoms with Crippen LogP contribution in [0.2, 0.25) is 0 Å². The molecule has 2 N–H and O–H groups in total. The third-order valence-electron chi connectivity index (χ3n) is 7.62. The van der Waals surface area contributed by atoms with Gasteiger partial charge in [-0.2, -0.15) is 0 Å². The van der Waals surface area contributed by atoms with Crippen LogP contribution in [0.5, 0.6) is 5.75 Å². The first-order valence-corrected chi connectivity index (χ1v) is 15.6. The van der Waals surface area contributed by atoms with Crippen LogP contribution >= 0.6 is 11.3 Å². The van der Waals surface area contributed by atoms with E-state index < -0.39 is 29.6 Å². The largest absolute Gasteiger partial charge is 0.497 e. The van der Waals surface area contributed by atoms with Gasteiger partial charge < -0.3 is 14.7 Å². The van der Waals surface area contributed by atoms with Gasteiger partial charge in [0.05, 0.1) is 25.6 Å². The zero-order valence-corrected chi connectivity index (χ0v) is 26.7. The van der Waals surface area contributed by atoms with Crippen LogP contribution in [-0.2, 0) is 29.1 Å². The van der Waals surface area contributed by atoms with E-state index in [1.807, 2.05) is 55.5 Å². The Hall–Kier alpha value is -6.02. The first kappa shape index (κ1) is 31.9. The van der Waals surface area contributed by atoms with Gasteiger partial charge in [-0.25, -0.2) is 14.4 Å². The van der Waals surface area contributed by atoms with Crippen LogP contribution < -0.4 is 21.7 Å². The Kier molecular flexibility index (Phi) is 9.16. The molecule has 3 aromatic heterocycles. The van der Waals surface area contributed by atoms with Gasteiger partial charge in [-0.15, -0.1) is 11.3 Å². The number of thiophene rings is 1. The quantitative estimate of drug-likeness (QED) is 0.142. The molecule has 13 nitrogen and oxygen atoms in total. The summed E-state index contributed by atoms with van der Waals surface area (Å²) in [6.45, 7) is 1.18. The van der Waals surface area contributed by atoms with Crippen molar-refractivity contribution in [2.75, 3.05) is 13.7 Å². The van der Waals surface area contributed by atoms with Crippen molar-refractivity contribution in [3.8, 4) is 28.3 Å². The maximum absolute atomic E-state index is 14.1. The van der Waals surface area contributed by atoms with Crippen molar-refractivity contribution in [3.63, 3.8) is 0 Å². The number of aryl methyl sites for hydroxylation is 1. The molecule has 6 rings (SSSR count). The number of aromatic nitrogens is 4. The fourth-order valence-electron chi connectivity index (χ4n) is 5.23. The number of hydrogen-bond donors (Lipinski definition) is 2. The average molecular weight is 668 g/mol. The van der Waals surface area contributed by atoms with Gasteiger partial charge in [-0.3, -0.25) is 23.4 Å². The second kappa shape index (κ2) is 13.8. The van der Waals surface area contributed by atoms with E-state index in [1.54, 1.807) is 34.9 Å². The Bertz CT molecular complexity index is 2310. The number of carbonyl (C=O) groups is 1. The number of oxime groups is 1. The second-order valence-electron chi connectivity index (χ2n) is 10.7. The average Bonchev–Trinajstić information content (AvgIpc) is 3.74. The maximum Gasteiger partial charge on any atom is 0.439 e. The molecule has 0 saturated heterocycles. The summed E-state index contributed by atoms with van der Waals surface area (Å²) in [5.41, 5.74) is 2.83. The van der Waals surface area contributed by atoms with Crippen LogP contribution in [0.4, 0.5) is 0 Å². The summed E-state index contributed by atoms with van der Waals surface area (Å²) in [4.78, 5) is 59.7. The lowest BCUT2D eigenvalue weighted by Gasteiger charge is -2.14. The topological polar surface area (TPSA) is 171 Å². The zero-order chi connectivity index (χ0) is 33.8. The Morgan fingerprint density at radius 1 is 1.00 bits per heavy atom. The predicted molar refractivity (Wildman–Crippen MR) is 180 cm³/mol. The van der Waals surface area contributed by atoms with Crippen LogP contribution in [0.15, 0.2) is 103 Å². The molecule has 3 heterocycles. The van der Waals surface area contributed by atoms with E-state index in [0.29, 0.717) is 39.3 Å². The Labute approximate surface area is 275 Å². The molecule has 0 aliphatic heterocycles. The van der Waals surface area contributed by atoms with E-state index in [2.05, 4.69) is 15.3 Å². The summed E-state index contributed by atoms with van der Waals surface area (Å²) < 4.78 is 12.6. The van der Waals surface area contributed by atoms with Gasteiger partial charge in [0.25, 0.3) is 5.56 Å². The van der Waals surface area contributed by atoms with Crippen molar-refractivity contribution >= 4 is 33.2 Å². The molecule has 6 aromatic rings. The third kappa shape index (κ3) is 6.59.